The van der Waals surface area contributed by atoms with E-state index in [1.807, 2.05) is 6.20 Å². The van der Waals surface area contributed by atoms with Crippen LogP contribution in [0.1, 0.15) is 31.0 Å². The van der Waals surface area contributed by atoms with E-state index in [0.717, 1.165) is 25.0 Å². The van der Waals surface area contributed by atoms with Crippen LogP contribution >= 0.6 is 0 Å². The second-order valence-electron chi connectivity index (χ2n) is 4.74. The molecule has 0 aliphatic heterocycles. The van der Waals surface area contributed by atoms with E-state index in [-0.39, 0.29) is 17.9 Å². The smallest absolute Gasteiger partial charge is 0.223 e. The molecule has 1 aromatic heterocycles. The Morgan fingerprint density at radius 2 is 2.59 bits per heavy atom. The standard InChI is InChI=1S/C12H19N3O2/c1-8(16)4-5-13-12(17)9-2-3-10-7-14-15-11(10)6-9/h7-9,16H,2-6H2,1H3,(H,13,17)(H,14,15). The van der Waals surface area contributed by atoms with Gasteiger partial charge < -0.3 is 10.4 Å². The number of carbonyl (C=O) groups excluding carboxylic acids is 1. The lowest BCUT2D eigenvalue weighted by Crippen LogP contribution is -2.35. The lowest BCUT2D eigenvalue weighted by molar-refractivity contribution is -0.125. The number of carbonyl (C=O) groups is 1. The van der Waals surface area contributed by atoms with Gasteiger partial charge in [0.25, 0.3) is 0 Å². The van der Waals surface area contributed by atoms with Crippen LogP contribution in [0.3, 0.4) is 0 Å². The van der Waals surface area contributed by atoms with Crippen molar-refractivity contribution in [3.8, 4) is 0 Å². The Hall–Kier alpha value is -1.36. The second-order valence-corrected chi connectivity index (χ2v) is 4.74. The highest BCUT2D eigenvalue weighted by atomic mass is 16.3. The summed E-state index contributed by atoms with van der Waals surface area (Å²) in [6.45, 7) is 2.27. The van der Waals surface area contributed by atoms with Gasteiger partial charge in [-0.1, -0.05) is 0 Å². The van der Waals surface area contributed by atoms with Crippen molar-refractivity contribution in [2.24, 2.45) is 5.92 Å². The van der Waals surface area contributed by atoms with E-state index in [2.05, 4.69) is 15.5 Å². The number of aromatic amines is 1. The summed E-state index contributed by atoms with van der Waals surface area (Å²) < 4.78 is 0. The molecule has 1 heterocycles. The Kier molecular flexibility index (Phi) is 3.78. The number of nitrogens with zero attached hydrogens (tertiary/aromatic N) is 1. The number of rotatable bonds is 4. The van der Waals surface area contributed by atoms with Crippen LogP contribution < -0.4 is 5.32 Å². The Balaban J connectivity index is 1.82. The van der Waals surface area contributed by atoms with E-state index in [4.69, 9.17) is 5.11 Å². The highest BCUT2D eigenvalue weighted by Gasteiger charge is 2.25. The lowest BCUT2D eigenvalue weighted by atomic mass is 9.87. The Morgan fingerprint density at radius 1 is 1.76 bits per heavy atom. The molecule has 1 aromatic rings. The summed E-state index contributed by atoms with van der Waals surface area (Å²) in [5.74, 6) is 0.128. The van der Waals surface area contributed by atoms with Crippen LogP contribution in [0.5, 0.6) is 0 Å². The van der Waals surface area contributed by atoms with E-state index in [9.17, 15) is 4.79 Å². The first kappa shape index (κ1) is 12.1. The van der Waals surface area contributed by atoms with Gasteiger partial charge in [-0.15, -0.1) is 0 Å². The minimum Gasteiger partial charge on any atom is -0.393 e. The van der Waals surface area contributed by atoms with Gasteiger partial charge in [0, 0.05) is 24.6 Å². The summed E-state index contributed by atoms with van der Waals surface area (Å²) in [6, 6.07) is 0. The lowest BCUT2D eigenvalue weighted by Gasteiger charge is -2.21. The molecule has 2 unspecified atom stereocenters. The van der Waals surface area contributed by atoms with E-state index >= 15 is 0 Å². The van der Waals surface area contributed by atoms with E-state index in [1.165, 1.54) is 5.56 Å². The quantitative estimate of drug-likeness (QED) is 0.709. The molecule has 2 rings (SSSR count). The summed E-state index contributed by atoms with van der Waals surface area (Å²) in [5, 5.41) is 18.9. The van der Waals surface area contributed by atoms with Crippen molar-refractivity contribution in [2.45, 2.75) is 38.7 Å². The third kappa shape index (κ3) is 3.06. The first-order chi connectivity index (χ1) is 8.16. The fraction of sp³-hybridized carbons (Fsp3) is 0.667. The zero-order valence-electron chi connectivity index (χ0n) is 10.1. The van der Waals surface area contributed by atoms with Gasteiger partial charge in [0.05, 0.1) is 12.3 Å². The molecule has 1 aliphatic carbocycles. The highest BCUT2D eigenvalue weighted by Crippen LogP contribution is 2.23. The first-order valence-electron chi connectivity index (χ1n) is 6.13. The molecule has 17 heavy (non-hydrogen) atoms. The summed E-state index contributed by atoms with van der Waals surface area (Å²) in [5.41, 5.74) is 2.32. The maximum atomic E-state index is 11.9. The molecule has 0 saturated carbocycles. The Morgan fingerprint density at radius 3 is 3.35 bits per heavy atom. The van der Waals surface area contributed by atoms with Gasteiger partial charge in [-0.05, 0) is 31.7 Å². The summed E-state index contributed by atoms with van der Waals surface area (Å²) in [6.07, 6.45) is 4.63. The maximum absolute atomic E-state index is 11.9. The van der Waals surface area contributed by atoms with Gasteiger partial charge in [0.15, 0.2) is 0 Å². The third-order valence-electron chi connectivity index (χ3n) is 3.25. The number of H-pyrrole nitrogens is 1. The normalized spacial score (nSPS) is 20.7. The molecule has 0 bridgehead atoms. The number of nitrogens with one attached hydrogen (secondary N) is 2. The molecule has 0 fully saturated rings. The first-order valence-corrected chi connectivity index (χ1v) is 6.13. The molecule has 0 saturated heterocycles. The van der Waals surface area contributed by atoms with Crippen molar-refractivity contribution in [1.82, 2.24) is 15.5 Å². The van der Waals surface area contributed by atoms with Crippen LogP contribution in [0.25, 0.3) is 0 Å². The number of aliphatic hydroxyl groups excluding tert-OH is 1. The van der Waals surface area contributed by atoms with Crippen LogP contribution in [0, 0.1) is 5.92 Å². The number of aryl methyl sites for hydroxylation is 1. The van der Waals surface area contributed by atoms with Crippen LogP contribution in [0.4, 0.5) is 0 Å². The van der Waals surface area contributed by atoms with Crippen LogP contribution in [-0.4, -0.2) is 33.9 Å². The molecule has 5 heteroatoms. The minimum absolute atomic E-state index is 0.0388. The summed E-state index contributed by atoms with van der Waals surface area (Å²) in [7, 11) is 0. The molecule has 94 valence electrons. The summed E-state index contributed by atoms with van der Waals surface area (Å²) >= 11 is 0. The fourth-order valence-electron chi connectivity index (χ4n) is 2.18. The summed E-state index contributed by atoms with van der Waals surface area (Å²) in [4.78, 5) is 11.9. The van der Waals surface area contributed by atoms with Gasteiger partial charge in [-0.25, -0.2) is 0 Å². The Bertz CT molecular complexity index is 387. The topological polar surface area (TPSA) is 78.0 Å². The van der Waals surface area contributed by atoms with Gasteiger partial charge in [-0.2, -0.15) is 5.10 Å². The van der Waals surface area contributed by atoms with Crippen LogP contribution in [0.15, 0.2) is 6.20 Å². The maximum Gasteiger partial charge on any atom is 0.223 e. The van der Waals surface area contributed by atoms with Crippen molar-refractivity contribution >= 4 is 5.91 Å². The largest absolute Gasteiger partial charge is 0.393 e. The fourth-order valence-corrected chi connectivity index (χ4v) is 2.18. The molecule has 1 aliphatic rings. The van der Waals surface area contributed by atoms with Crippen molar-refractivity contribution in [1.29, 1.82) is 0 Å². The highest BCUT2D eigenvalue weighted by molar-refractivity contribution is 5.79. The number of aromatic nitrogens is 2. The van der Waals surface area contributed by atoms with Gasteiger partial charge in [0.2, 0.25) is 5.91 Å². The number of hydrogen-bond acceptors (Lipinski definition) is 3. The Labute approximate surface area is 101 Å². The van der Waals surface area contributed by atoms with E-state index in [1.54, 1.807) is 6.92 Å². The predicted molar refractivity (Wildman–Crippen MR) is 63.4 cm³/mol. The van der Waals surface area contributed by atoms with Gasteiger partial charge in [0.1, 0.15) is 0 Å². The zero-order valence-corrected chi connectivity index (χ0v) is 10.1. The molecule has 3 N–H and O–H groups in total. The predicted octanol–water partition coefficient (Wildman–Crippen LogP) is 0.402. The molecular weight excluding hydrogens is 218 g/mol. The molecule has 2 atom stereocenters. The SMILES string of the molecule is CC(O)CCNC(=O)C1CCc2cn[nH]c2C1. The average Bonchev–Trinajstić information content (AvgIpc) is 2.75. The number of aliphatic hydroxyl groups is 1. The van der Waals surface area contributed by atoms with Crippen molar-refractivity contribution in [3.05, 3.63) is 17.5 Å². The van der Waals surface area contributed by atoms with Crippen molar-refractivity contribution < 1.29 is 9.90 Å². The van der Waals surface area contributed by atoms with Crippen LogP contribution in [0.2, 0.25) is 0 Å². The number of amides is 1. The molecular formula is C12H19N3O2. The van der Waals surface area contributed by atoms with Crippen LogP contribution in [-0.2, 0) is 17.6 Å². The molecule has 5 nitrogen and oxygen atoms in total. The zero-order chi connectivity index (χ0) is 12.3. The van der Waals surface area contributed by atoms with E-state index < -0.39 is 0 Å². The second kappa shape index (κ2) is 5.31. The molecule has 0 radical (unpaired) electrons. The van der Waals surface area contributed by atoms with Crippen molar-refractivity contribution in [2.75, 3.05) is 6.54 Å². The van der Waals surface area contributed by atoms with Gasteiger partial charge >= 0.3 is 0 Å². The number of fused-ring (bicyclic) bond motifs is 1. The number of hydrogen-bond donors (Lipinski definition) is 3. The minimum atomic E-state index is -0.360. The molecule has 0 aromatic carbocycles. The van der Waals surface area contributed by atoms with E-state index in [0.29, 0.717) is 13.0 Å². The average molecular weight is 237 g/mol. The van der Waals surface area contributed by atoms with Gasteiger partial charge in [-0.3, -0.25) is 9.89 Å². The monoisotopic (exact) mass is 237 g/mol. The van der Waals surface area contributed by atoms with Crippen molar-refractivity contribution in [3.63, 3.8) is 0 Å². The third-order valence-corrected chi connectivity index (χ3v) is 3.25. The molecule has 1 amide bonds. The molecule has 0 spiro atoms.